The smallest absolute Gasteiger partial charge is 0.0963 e. The van der Waals surface area contributed by atoms with Crippen molar-refractivity contribution in [3.8, 4) is 0 Å². The number of aryl methyl sites for hydroxylation is 1. The zero-order valence-corrected chi connectivity index (χ0v) is 7.27. The van der Waals surface area contributed by atoms with Crippen molar-refractivity contribution >= 4 is 11.8 Å². The van der Waals surface area contributed by atoms with E-state index >= 15 is 0 Å². The van der Waals surface area contributed by atoms with Gasteiger partial charge in [0.25, 0.3) is 0 Å². The van der Waals surface area contributed by atoms with Gasteiger partial charge in [-0.2, -0.15) is 0 Å². The molecule has 0 aliphatic rings. The Hall–Kier alpha value is -0.540. The van der Waals surface area contributed by atoms with Crippen LogP contribution < -0.4 is 0 Å². The maximum atomic E-state index is 8.55. The molecule has 0 unspecified atom stereocenters. The number of thioether (sulfide) groups is 1. The highest BCUT2D eigenvalue weighted by Gasteiger charge is 1.93. The van der Waals surface area contributed by atoms with Gasteiger partial charge in [-0.15, -0.1) is 11.8 Å². The number of hydrogen-bond acceptors (Lipinski definition) is 3. The van der Waals surface area contributed by atoms with Gasteiger partial charge in [-0.3, -0.25) is 0 Å². The average Bonchev–Trinajstić information content (AvgIpc) is 2.01. The van der Waals surface area contributed by atoms with E-state index in [1.165, 1.54) is 0 Å². The van der Waals surface area contributed by atoms with Crippen LogP contribution in [0.5, 0.6) is 0 Å². The fourth-order valence-corrected chi connectivity index (χ4v) is 1.43. The molecule has 0 fully saturated rings. The van der Waals surface area contributed by atoms with E-state index < -0.39 is 0 Å². The minimum atomic E-state index is 0.209. The predicted octanol–water partition coefficient (Wildman–Crippen LogP) is 1.47. The summed E-state index contributed by atoms with van der Waals surface area (Å²) in [6, 6.07) is 5.89. The molecule has 1 heterocycles. The molecule has 0 saturated heterocycles. The Morgan fingerprint density at radius 1 is 1.55 bits per heavy atom. The Kier molecular flexibility index (Phi) is 3.39. The summed E-state index contributed by atoms with van der Waals surface area (Å²) >= 11 is 1.57. The number of pyridine rings is 1. The molecular weight excluding hydrogens is 158 g/mol. The summed E-state index contributed by atoms with van der Waals surface area (Å²) in [6.45, 7) is 2.17. The van der Waals surface area contributed by atoms with Crippen LogP contribution in [0.3, 0.4) is 0 Å². The summed E-state index contributed by atoms with van der Waals surface area (Å²) in [5.74, 6) is 0.719. The molecule has 1 aromatic heterocycles. The third kappa shape index (κ3) is 2.91. The van der Waals surface area contributed by atoms with Crippen molar-refractivity contribution in [1.82, 2.24) is 4.98 Å². The molecule has 3 heteroatoms. The van der Waals surface area contributed by atoms with Crippen molar-refractivity contribution in [1.29, 1.82) is 0 Å². The first-order chi connectivity index (χ1) is 5.33. The molecule has 0 saturated carbocycles. The Bertz CT molecular complexity index is 227. The average molecular weight is 169 g/mol. The Morgan fingerprint density at radius 2 is 2.36 bits per heavy atom. The van der Waals surface area contributed by atoms with Crippen molar-refractivity contribution in [3.05, 3.63) is 23.9 Å². The van der Waals surface area contributed by atoms with Gasteiger partial charge < -0.3 is 5.11 Å². The summed E-state index contributed by atoms with van der Waals surface area (Å²) in [5, 5.41) is 9.53. The van der Waals surface area contributed by atoms with E-state index in [0.717, 1.165) is 16.5 Å². The first-order valence-electron chi connectivity index (χ1n) is 3.50. The standard InChI is InChI=1S/C8H11NOS/c1-7-3-2-4-8(9-7)11-6-5-10/h2-4,10H,5-6H2,1H3. The SMILES string of the molecule is Cc1cccc(SCCO)n1. The van der Waals surface area contributed by atoms with E-state index in [0.29, 0.717) is 0 Å². The predicted molar refractivity (Wildman–Crippen MR) is 46.8 cm³/mol. The zero-order chi connectivity index (χ0) is 8.10. The van der Waals surface area contributed by atoms with Crippen molar-refractivity contribution in [3.63, 3.8) is 0 Å². The van der Waals surface area contributed by atoms with Crippen LogP contribution >= 0.6 is 11.8 Å². The molecule has 1 rings (SSSR count). The fourth-order valence-electron chi connectivity index (χ4n) is 0.749. The molecule has 11 heavy (non-hydrogen) atoms. The van der Waals surface area contributed by atoms with Crippen LogP contribution in [0.25, 0.3) is 0 Å². The highest BCUT2D eigenvalue weighted by molar-refractivity contribution is 7.99. The lowest BCUT2D eigenvalue weighted by Crippen LogP contribution is -1.88. The molecule has 0 amide bonds. The molecule has 1 N–H and O–H groups in total. The van der Waals surface area contributed by atoms with E-state index in [1.54, 1.807) is 11.8 Å². The molecule has 0 radical (unpaired) electrons. The summed E-state index contributed by atoms with van der Waals surface area (Å²) in [4.78, 5) is 4.26. The summed E-state index contributed by atoms with van der Waals surface area (Å²) in [6.07, 6.45) is 0. The topological polar surface area (TPSA) is 33.1 Å². The first kappa shape index (κ1) is 8.56. The number of aliphatic hydroxyl groups is 1. The number of aliphatic hydroxyl groups excluding tert-OH is 1. The van der Waals surface area contributed by atoms with Gasteiger partial charge >= 0.3 is 0 Å². The Balaban J connectivity index is 2.56. The van der Waals surface area contributed by atoms with Crippen LogP contribution in [0, 0.1) is 6.92 Å². The van der Waals surface area contributed by atoms with E-state index in [1.807, 2.05) is 25.1 Å². The lowest BCUT2D eigenvalue weighted by atomic mass is 10.4. The van der Waals surface area contributed by atoms with Crippen LogP contribution in [0.1, 0.15) is 5.69 Å². The van der Waals surface area contributed by atoms with Gasteiger partial charge in [-0.25, -0.2) is 4.98 Å². The number of aromatic nitrogens is 1. The van der Waals surface area contributed by atoms with E-state index in [4.69, 9.17) is 5.11 Å². The fraction of sp³-hybridized carbons (Fsp3) is 0.375. The maximum Gasteiger partial charge on any atom is 0.0963 e. The summed E-state index contributed by atoms with van der Waals surface area (Å²) < 4.78 is 0. The molecule has 0 bridgehead atoms. The number of hydrogen-bond donors (Lipinski definition) is 1. The quantitative estimate of drug-likeness (QED) is 0.696. The number of nitrogens with zero attached hydrogens (tertiary/aromatic N) is 1. The maximum absolute atomic E-state index is 8.55. The van der Waals surface area contributed by atoms with Crippen molar-refractivity contribution in [2.45, 2.75) is 11.9 Å². The van der Waals surface area contributed by atoms with Gasteiger partial charge in [0.15, 0.2) is 0 Å². The zero-order valence-electron chi connectivity index (χ0n) is 6.45. The van der Waals surface area contributed by atoms with Gasteiger partial charge in [-0.05, 0) is 19.1 Å². The molecular formula is C8H11NOS. The largest absolute Gasteiger partial charge is 0.396 e. The Labute approximate surface area is 70.7 Å². The summed E-state index contributed by atoms with van der Waals surface area (Å²) in [7, 11) is 0. The van der Waals surface area contributed by atoms with Crippen molar-refractivity contribution in [2.75, 3.05) is 12.4 Å². The molecule has 1 aromatic rings. The second kappa shape index (κ2) is 4.36. The summed E-state index contributed by atoms with van der Waals surface area (Å²) in [5.41, 5.74) is 1.02. The molecule has 0 aliphatic heterocycles. The van der Waals surface area contributed by atoms with Gasteiger partial charge in [0, 0.05) is 11.4 Å². The second-order valence-electron chi connectivity index (χ2n) is 2.19. The normalized spacial score (nSPS) is 10.0. The van der Waals surface area contributed by atoms with E-state index in [2.05, 4.69) is 4.98 Å². The molecule has 0 atom stereocenters. The van der Waals surface area contributed by atoms with Crippen LogP contribution in [0.2, 0.25) is 0 Å². The van der Waals surface area contributed by atoms with Gasteiger partial charge in [-0.1, -0.05) is 6.07 Å². The van der Waals surface area contributed by atoms with Crippen LogP contribution in [-0.2, 0) is 0 Å². The Morgan fingerprint density at radius 3 is 3.00 bits per heavy atom. The van der Waals surface area contributed by atoms with Gasteiger partial charge in [0.05, 0.1) is 11.6 Å². The van der Waals surface area contributed by atoms with Crippen LogP contribution in [0.4, 0.5) is 0 Å². The molecule has 0 aliphatic carbocycles. The molecule has 2 nitrogen and oxygen atoms in total. The highest BCUT2D eigenvalue weighted by atomic mass is 32.2. The third-order valence-electron chi connectivity index (χ3n) is 1.20. The number of rotatable bonds is 3. The molecule has 60 valence electrons. The second-order valence-corrected chi connectivity index (χ2v) is 3.30. The van der Waals surface area contributed by atoms with Gasteiger partial charge in [0.1, 0.15) is 0 Å². The molecule has 0 aromatic carbocycles. The van der Waals surface area contributed by atoms with Crippen LogP contribution in [-0.4, -0.2) is 22.5 Å². The van der Waals surface area contributed by atoms with Crippen molar-refractivity contribution < 1.29 is 5.11 Å². The van der Waals surface area contributed by atoms with E-state index in [-0.39, 0.29) is 6.61 Å². The minimum absolute atomic E-state index is 0.209. The van der Waals surface area contributed by atoms with Crippen molar-refractivity contribution in [2.24, 2.45) is 0 Å². The third-order valence-corrected chi connectivity index (χ3v) is 2.11. The monoisotopic (exact) mass is 169 g/mol. The van der Waals surface area contributed by atoms with E-state index in [9.17, 15) is 0 Å². The lowest BCUT2D eigenvalue weighted by Gasteiger charge is -1.98. The minimum Gasteiger partial charge on any atom is -0.396 e. The highest BCUT2D eigenvalue weighted by Crippen LogP contribution is 2.13. The van der Waals surface area contributed by atoms with Gasteiger partial charge in [0.2, 0.25) is 0 Å². The van der Waals surface area contributed by atoms with Crippen LogP contribution in [0.15, 0.2) is 23.2 Å². The lowest BCUT2D eigenvalue weighted by molar-refractivity contribution is 0.322. The molecule has 0 spiro atoms. The first-order valence-corrected chi connectivity index (χ1v) is 4.49.